The Labute approximate surface area is 110 Å². The van der Waals surface area contributed by atoms with Gasteiger partial charge in [0.05, 0.1) is 16.9 Å². The van der Waals surface area contributed by atoms with E-state index in [1.165, 1.54) is 0 Å². The highest BCUT2D eigenvalue weighted by Crippen LogP contribution is 2.24. The first-order chi connectivity index (χ1) is 9.24. The monoisotopic (exact) mass is 254 g/mol. The number of fused-ring (bicyclic) bond motifs is 1. The summed E-state index contributed by atoms with van der Waals surface area (Å²) in [6, 6.07) is 10.1. The largest absolute Gasteiger partial charge is 0.432 e. The van der Waals surface area contributed by atoms with Crippen molar-refractivity contribution in [3.05, 3.63) is 48.5 Å². The lowest BCUT2D eigenvalue weighted by atomic mass is 10.2. The first-order valence-electron chi connectivity index (χ1n) is 6.06. The Hall–Kier alpha value is -2.40. The number of hydrogen-bond donors (Lipinski definition) is 2. The van der Waals surface area contributed by atoms with Crippen LogP contribution in [0.3, 0.4) is 0 Å². The second-order valence-electron chi connectivity index (χ2n) is 4.37. The van der Waals surface area contributed by atoms with Crippen molar-refractivity contribution >= 4 is 22.6 Å². The van der Waals surface area contributed by atoms with Gasteiger partial charge in [0.1, 0.15) is 6.26 Å². The van der Waals surface area contributed by atoms with Crippen molar-refractivity contribution in [2.75, 3.05) is 5.32 Å². The van der Waals surface area contributed by atoms with E-state index in [1.54, 1.807) is 12.5 Å². The summed E-state index contributed by atoms with van der Waals surface area (Å²) >= 11 is 0. The van der Waals surface area contributed by atoms with Crippen LogP contribution in [0, 0.1) is 0 Å². The zero-order chi connectivity index (χ0) is 13.2. The van der Waals surface area contributed by atoms with E-state index < -0.39 is 0 Å². The van der Waals surface area contributed by atoms with Crippen molar-refractivity contribution in [2.45, 2.75) is 13.0 Å². The fraction of sp³-hybridized carbons (Fsp3) is 0.143. The Kier molecular flexibility index (Phi) is 2.89. The highest BCUT2D eigenvalue weighted by Gasteiger charge is 2.09. The van der Waals surface area contributed by atoms with Crippen molar-refractivity contribution in [3.63, 3.8) is 0 Å². The SMILES string of the molecule is CC(N)c1coc(Nc2cccc3cccnc23)n1. The summed E-state index contributed by atoms with van der Waals surface area (Å²) in [5, 5.41) is 4.19. The van der Waals surface area contributed by atoms with Crippen LogP contribution in [0.25, 0.3) is 10.9 Å². The molecule has 2 heterocycles. The van der Waals surface area contributed by atoms with E-state index in [1.807, 2.05) is 37.3 Å². The minimum atomic E-state index is -0.148. The highest BCUT2D eigenvalue weighted by molar-refractivity contribution is 5.91. The molecule has 0 amide bonds. The van der Waals surface area contributed by atoms with Gasteiger partial charge < -0.3 is 15.5 Å². The zero-order valence-corrected chi connectivity index (χ0v) is 10.5. The van der Waals surface area contributed by atoms with Crippen molar-refractivity contribution in [2.24, 2.45) is 5.73 Å². The summed E-state index contributed by atoms with van der Waals surface area (Å²) in [7, 11) is 0. The third-order valence-corrected chi connectivity index (χ3v) is 2.86. The van der Waals surface area contributed by atoms with E-state index in [4.69, 9.17) is 10.2 Å². The minimum absolute atomic E-state index is 0.148. The summed E-state index contributed by atoms with van der Waals surface area (Å²) in [6.07, 6.45) is 3.32. The van der Waals surface area contributed by atoms with Crippen molar-refractivity contribution in [3.8, 4) is 0 Å². The normalized spacial score (nSPS) is 12.5. The van der Waals surface area contributed by atoms with Gasteiger partial charge in [-0.25, -0.2) is 0 Å². The molecule has 0 saturated carbocycles. The summed E-state index contributed by atoms with van der Waals surface area (Å²) in [5.41, 5.74) is 8.20. The molecule has 0 bridgehead atoms. The van der Waals surface area contributed by atoms with Crippen molar-refractivity contribution in [1.82, 2.24) is 9.97 Å². The average Bonchev–Trinajstić information content (AvgIpc) is 2.88. The van der Waals surface area contributed by atoms with Crippen molar-refractivity contribution in [1.29, 1.82) is 0 Å². The average molecular weight is 254 g/mol. The van der Waals surface area contributed by atoms with Crippen LogP contribution in [0.4, 0.5) is 11.7 Å². The smallest absolute Gasteiger partial charge is 0.299 e. The number of rotatable bonds is 3. The van der Waals surface area contributed by atoms with Crippen LogP contribution in [0.2, 0.25) is 0 Å². The van der Waals surface area contributed by atoms with E-state index in [9.17, 15) is 0 Å². The molecule has 0 spiro atoms. The van der Waals surface area contributed by atoms with Gasteiger partial charge in [-0.05, 0) is 19.1 Å². The number of nitrogens with zero attached hydrogens (tertiary/aromatic N) is 2. The quantitative estimate of drug-likeness (QED) is 0.751. The van der Waals surface area contributed by atoms with E-state index in [0.29, 0.717) is 6.01 Å². The summed E-state index contributed by atoms with van der Waals surface area (Å²) in [4.78, 5) is 8.64. The molecule has 5 nitrogen and oxygen atoms in total. The van der Waals surface area contributed by atoms with Crippen LogP contribution in [0.15, 0.2) is 47.2 Å². The predicted octanol–water partition coefficient (Wildman–Crippen LogP) is 2.99. The molecule has 96 valence electrons. The van der Waals surface area contributed by atoms with Gasteiger partial charge in [0.2, 0.25) is 0 Å². The summed E-state index contributed by atoms with van der Waals surface area (Å²) in [5.74, 6) is 0. The highest BCUT2D eigenvalue weighted by atomic mass is 16.4. The van der Waals surface area contributed by atoms with Gasteiger partial charge in [0, 0.05) is 17.6 Å². The van der Waals surface area contributed by atoms with Gasteiger partial charge in [0.25, 0.3) is 6.01 Å². The molecular weight excluding hydrogens is 240 g/mol. The molecule has 3 aromatic rings. The second kappa shape index (κ2) is 4.70. The fourth-order valence-corrected chi connectivity index (χ4v) is 1.87. The van der Waals surface area contributed by atoms with Gasteiger partial charge in [-0.3, -0.25) is 4.98 Å². The lowest BCUT2D eigenvalue weighted by molar-refractivity contribution is 0.574. The Morgan fingerprint density at radius 3 is 2.89 bits per heavy atom. The number of benzene rings is 1. The minimum Gasteiger partial charge on any atom is -0.432 e. The first-order valence-corrected chi connectivity index (χ1v) is 6.06. The van der Waals surface area contributed by atoms with Crippen LogP contribution < -0.4 is 11.1 Å². The third-order valence-electron chi connectivity index (χ3n) is 2.86. The molecule has 5 heteroatoms. The Morgan fingerprint density at radius 2 is 2.11 bits per heavy atom. The molecule has 1 atom stereocenters. The van der Waals surface area contributed by atoms with Crippen LogP contribution in [0.5, 0.6) is 0 Å². The lowest BCUT2D eigenvalue weighted by Crippen LogP contribution is -2.05. The number of anilines is 2. The molecule has 0 aliphatic heterocycles. The van der Waals surface area contributed by atoms with Crippen molar-refractivity contribution < 1.29 is 4.42 Å². The summed E-state index contributed by atoms with van der Waals surface area (Å²) in [6.45, 7) is 1.86. The second-order valence-corrected chi connectivity index (χ2v) is 4.37. The molecule has 1 aromatic carbocycles. The standard InChI is InChI=1S/C14H14N4O/c1-9(15)12-8-19-14(18-12)17-11-6-2-4-10-5-3-7-16-13(10)11/h2-9H,15H2,1H3,(H,17,18). The number of hydrogen-bond acceptors (Lipinski definition) is 5. The van der Waals surface area contributed by atoms with Gasteiger partial charge in [-0.2, -0.15) is 4.98 Å². The number of aromatic nitrogens is 2. The summed E-state index contributed by atoms with van der Waals surface area (Å²) < 4.78 is 5.35. The van der Waals surface area contributed by atoms with Gasteiger partial charge >= 0.3 is 0 Å². The van der Waals surface area contributed by atoms with Gasteiger partial charge in [-0.1, -0.05) is 18.2 Å². The van der Waals surface area contributed by atoms with Crippen LogP contribution in [0.1, 0.15) is 18.7 Å². The topological polar surface area (TPSA) is 77.0 Å². The molecule has 0 radical (unpaired) electrons. The number of nitrogens with one attached hydrogen (secondary N) is 1. The fourth-order valence-electron chi connectivity index (χ4n) is 1.87. The molecule has 19 heavy (non-hydrogen) atoms. The molecule has 1 unspecified atom stereocenters. The van der Waals surface area contributed by atoms with Gasteiger partial charge in [-0.15, -0.1) is 0 Å². The maximum atomic E-state index is 5.75. The number of pyridine rings is 1. The van der Waals surface area contributed by atoms with Crippen LogP contribution >= 0.6 is 0 Å². The molecule has 0 saturated heterocycles. The van der Waals surface area contributed by atoms with E-state index in [-0.39, 0.29) is 6.04 Å². The maximum absolute atomic E-state index is 5.75. The molecular formula is C14H14N4O. The van der Waals surface area contributed by atoms with Crippen LogP contribution in [-0.4, -0.2) is 9.97 Å². The van der Waals surface area contributed by atoms with E-state index in [0.717, 1.165) is 22.3 Å². The van der Waals surface area contributed by atoms with E-state index in [2.05, 4.69) is 15.3 Å². The number of para-hydroxylation sites is 1. The van der Waals surface area contributed by atoms with Crippen LogP contribution in [-0.2, 0) is 0 Å². The Morgan fingerprint density at radius 1 is 1.26 bits per heavy atom. The predicted molar refractivity (Wildman–Crippen MR) is 74.1 cm³/mol. The molecule has 0 aliphatic carbocycles. The molecule has 2 aromatic heterocycles. The zero-order valence-electron chi connectivity index (χ0n) is 10.5. The number of nitrogens with two attached hydrogens (primary N) is 1. The van der Waals surface area contributed by atoms with Gasteiger partial charge in [0.15, 0.2) is 0 Å². The molecule has 3 N–H and O–H groups in total. The lowest BCUT2D eigenvalue weighted by Gasteiger charge is -2.05. The number of oxazole rings is 1. The molecule has 0 fully saturated rings. The molecule has 3 rings (SSSR count). The Bertz CT molecular complexity index is 700. The third kappa shape index (κ3) is 2.28. The molecule has 0 aliphatic rings. The Balaban J connectivity index is 1.96. The van der Waals surface area contributed by atoms with E-state index >= 15 is 0 Å². The maximum Gasteiger partial charge on any atom is 0.299 e. The first kappa shape index (κ1) is 11.7.